The zero-order valence-electron chi connectivity index (χ0n) is 14.4. The molecule has 0 aromatic heterocycles. The van der Waals surface area contributed by atoms with Crippen LogP contribution >= 0.6 is 0 Å². The second-order valence-corrected chi connectivity index (χ2v) is 1.41. The molecule has 0 radical (unpaired) electrons. The predicted octanol–water partition coefficient (Wildman–Crippen LogP) is 0.800. The van der Waals surface area contributed by atoms with E-state index in [2.05, 4.69) is 0 Å². The van der Waals surface area contributed by atoms with Gasteiger partial charge in [0.25, 0.3) is 0 Å². The average Bonchev–Trinajstić information content (AvgIpc) is 1.94. The summed E-state index contributed by atoms with van der Waals surface area (Å²) in [5, 5.41) is 69.7. The molecular formula is C5H14Ca2O15. The quantitative estimate of drug-likeness (QED) is 0.254. The molecule has 0 heterocycles. The van der Waals surface area contributed by atoms with E-state index < -0.39 is 30.8 Å². The molecule has 17 heteroatoms. The van der Waals surface area contributed by atoms with Gasteiger partial charge in [-0.3, -0.25) is 0 Å². The third-order valence-electron chi connectivity index (χ3n) is 0. The van der Waals surface area contributed by atoms with Gasteiger partial charge in [-0.2, -0.15) is 0 Å². The van der Waals surface area contributed by atoms with Crippen LogP contribution in [0.1, 0.15) is 5.71 Å². The van der Waals surface area contributed by atoms with E-state index in [4.69, 9.17) is 75.0 Å². The Morgan fingerprint density at radius 1 is 0.364 bits per heavy atom. The molecule has 0 amide bonds. The molecule has 0 spiro atoms. The average molecular weight is 394 g/mol. The van der Waals surface area contributed by atoms with Gasteiger partial charge in [-0.25, -0.2) is 24.0 Å². The zero-order valence-corrected chi connectivity index (χ0v) is 14.8. The Balaban J connectivity index is -0.0000000114. The van der Waals surface area contributed by atoms with Crippen LogP contribution in [-0.2, 0) is 0 Å². The molecule has 0 aliphatic carbocycles. The van der Waals surface area contributed by atoms with Gasteiger partial charge in [-0.1, -0.05) is 0 Å². The largest absolute Gasteiger partial charge is 2.00 e. The standard InChI is InChI=1S/5CH2O3.2Ca.4H/c5*2-1(3)4;;;;;;/h5*(H2,2,3,4);;;;;;/q;;;;;2*+2;4*-1. The van der Waals surface area contributed by atoms with E-state index in [0.717, 1.165) is 0 Å². The second kappa shape index (κ2) is 36.8. The molecule has 128 valence electrons. The third kappa shape index (κ3) is 4710. The van der Waals surface area contributed by atoms with Crippen molar-refractivity contribution in [2.45, 2.75) is 0 Å². The van der Waals surface area contributed by atoms with E-state index in [1.807, 2.05) is 0 Å². The molecule has 0 unspecified atom stereocenters. The molecule has 0 aromatic carbocycles. The summed E-state index contributed by atoms with van der Waals surface area (Å²) in [4.78, 5) is 42.8. The van der Waals surface area contributed by atoms with Crippen molar-refractivity contribution in [3.63, 3.8) is 0 Å². The number of rotatable bonds is 0. The van der Waals surface area contributed by atoms with Crippen molar-refractivity contribution >= 4 is 106 Å². The predicted molar refractivity (Wildman–Crippen MR) is 69.2 cm³/mol. The Morgan fingerprint density at radius 3 is 0.364 bits per heavy atom. The summed E-state index contributed by atoms with van der Waals surface area (Å²) in [6.45, 7) is 0. The van der Waals surface area contributed by atoms with Crippen molar-refractivity contribution in [2.75, 3.05) is 0 Å². The van der Waals surface area contributed by atoms with Crippen LogP contribution in [0, 0.1) is 0 Å². The van der Waals surface area contributed by atoms with Crippen LogP contribution < -0.4 is 0 Å². The molecule has 0 aliphatic rings. The van der Waals surface area contributed by atoms with Crippen LogP contribution in [0.5, 0.6) is 0 Å². The van der Waals surface area contributed by atoms with E-state index in [1.54, 1.807) is 0 Å². The molecule has 0 saturated carbocycles. The van der Waals surface area contributed by atoms with Crippen LogP contribution in [0.2, 0.25) is 0 Å². The minimum absolute atomic E-state index is 0. The SMILES string of the molecule is O=C(O)O.O=C(O)O.O=C(O)O.O=C(O)O.O=C(O)O.[Ca+2].[Ca+2].[H-].[H-].[H-].[H-]. The molecule has 22 heavy (non-hydrogen) atoms. The maximum absolute atomic E-state index is 8.56. The number of carbonyl (C=O) groups is 5. The Morgan fingerprint density at radius 2 is 0.364 bits per heavy atom. The van der Waals surface area contributed by atoms with Crippen molar-refractivity contribution in [3.05, 3.63) is 0 Å². The first kappa shape index (κ1) is 42.8. The normalized spacial score (nSPS) is 5.45. The van der Waals surface area contributed by atoms with E-state index in [0.29, 0.717) is 0 Å². The number of hydrogen-bond acceptors (Lipinski definition) is 5. The van der Waals surface area contributed by atoms with Crippen LogP contribution in [-0.4, -0.2) is 157 Å². The maximum Gasteiger partial charge on any atom is 2.00 e. The molecule has 0 aromatic rings. The monoisotopic (exact) mass is 394 g/mol. The Hall–Kier alpha value is -1.13. The first-order valence-corrected chi connectivity index (χ1v) is 3.26. The molecule has 0 fully saturated rings. The number of hydrogen-bond donors (Lipinski definition) is 10. The molecule has 0 bridgehead atoms. The Bertz CT molecular complexity index is 227. The molecule has 0 atom stereocenters. The first-order valence-electron chi connectivity index (χ1n) is 3.26. The van der Waals surface area contributed by atoms with Gasteiger partial charge in [0.15, 0.2) is 0 Å². The van der Waals surface area contributed by atoms with Gasteiger partial charge in [0.2, 0.25) is 0 Å². The molecule has 0 aliphatic heterocycles. The van der Waals surface area contributed by atoms with E-state index >= 15 is 0 Å². The van der Waals surface area contributed by atoms with Gasteiger partial charge in [0.1, 0.15) is 0 Å². The van der Waals surface area contributed by atoms with Crippen LogP contribution in [0.25, 0.3) is 0 Å². The van der Waals surface area contributed by atoms with Gasteiger partial charge < -0.3 is 56.8 Å². The van der Waals surface area contributed by atoms with Crippen LogP contribution in [0.4, 0.5) is 24.0 Å². The maximum atomic E-state index is 8.56. The van der Waals surface area contributed by atoms with Gasteiger partial charge in [0.05, 0.1) is 0 Å². The fourth-order valence-electron chi connectivity index (χ4n) is 0. The summed E-state index contributed by atoms with van der Waals surface area (Å²) in [5.41, 5.74) is 0. The van der Waals surface area contributed by atoms with Crippen molar-refractivity contribution in [3.8, 4) is 0 Å². The summed E-state index contributed by atoms with van der Waals surface area (Å²) in [5.74, 6) is 0. The van der Waals surface area contributed by atoms with Gasteiger partial charge in [-0.15, -0.1) is 0 Å². The molecule has 15 nitrogen and oxygen atoms in total. The fourth-order valence-corrected chi connectivity index (χ4v) is 0. The van der Waals surface area contributed by atoms with Crippen LogP contribution in [0.15, 0.2) is 0 Å². The topological polar surface area (TPSA) is 288 Å². The summed E-state index contributed by atoms with van der Waals surface area (Å²) in [6, 6.07) is 0. The summed E-state index contributed by atoms with van der Waals surface area (Å²) in [7, 11) is 0. The first-order chi connectivity index (χ1) is 8.66. The molecule has 0 rings (SSSR count). The fraction of sp³-hybridized carbons (Fsp3) is 0. The van der Waals surface area contributed by atoms with Crippen LogP contribution in [0.3, 0.4) is 0 Å². The van der Waals surface area contributed by atoms with Gasteiger partial charge in [0, 0.05) is 0 Å². The second-order valence-electron chi connectivity index (χ2n) is 1.41. The molecule has 0 saturated heterocycles. The smallest absolute Gasteiger partial charge is 1.00 e. The summed E-state index contributed by atoms with van der Waals surface area (Å²) < 4.78 is 0. The summed E-state index contributed by atoms with van der Waals surface area (Å²) in [6.07, 6.45) is -9.17. The number of carboxylic acid groups (broad SMARTS) is 10. The minimum atomic E-state index is -1.83. The minimum Gasteiger partial charge on any atom is -1.00 e. The Kier molecular flexibility index (Phi) is 71.6. The van der Waals surface area contributed by atoms with E-state index in [-0.39, 0.29) is 81.2 Å². The van der Waals surface area contributed by atoms with Crippen molar-refractivity contribution < 1.29 is 80.7 Å². The van der Waals surface area contributed by atoms with Crippen molar-refractivity contribution in [2.24, 2.45) is 0 Å². The van der Waals surface area contributed by atoms with Crippen molar-refractivity contribution in [1.82, 2.24) is 0 Å². The van der Waals surface area contributed by atoms with Gasteiger partial charge in [-0.05, 0) is 0 Å². The summed E-state index contributed by atoms with van der Waals surface area (Å²) >= 11 is 0. The molecular weight excluding hydrogens is 380 g/mol. The van der Waals surface area contributed by atoms with E-state index in [1.165, 1.54) is 0 Å². The van der Waals surface area contributed by atoms with E-state index in [9.17, 15) is 0 Å². The van der Waals surface area contributed by atoms with Crippen molar-refractivity contribution in [1.29, 1.82) is 0 Å². The van der Waals surface area contributed by atoms with Gasteiger partial charge >= 0.3 is 106 Å². The Labute approximate surface area is 185 Å². The molecule has 10 N–H and O–H groups in total. The third-order valence-corrected chi connectivity index (χ3v) is 0. The zero-order chi connectivity index (χ0) is 17.9.